The molecule has 0 radical (unpaired) electrons. The zero-order valence-electron chi connectivity index (χ0n) is 17.4. The Morgan fingerprint density at radius 2 is 2.10 bits per heavy atom. The first-order valence-electron chi connectivity index (χ1n) is 10.6. The van der Waals surface area contributed by atoms with Crippen LogP contribution in [0.4, 0.5) is 5.82 Å². The number of carbonyl (C=O) groups excluding carboxylic acids is 1. The summed E-state index contributed by atoms with van der Waals surface area (Å²) in [6, 6.07) is 0. The molecule has 0 atom stereocenters. The third-order valence-electron chi connectivity index (χ3n) is 5.11. The summed E-state index contributed by atoms with van der Waals surface area (Å²) in [5, 5.41) is 12.5. The van der Waals surface area contributed by atoms with Crippen molar-refractivity contribution in [3.63, 3.8) is 0 Å². The molecule has 29 heavy (non-hydrogen) atoms. The van der Waals surface area contributed by atoms with Crippen molar-refractivity contribution in [2.24, 2.45) is 5.92 Å². The quantitative estimate of drug-likeness (QED) is 0.328. The van der Waals surface area contributed by atoms with Gasteiger partial charge in [0.05, 0.1) is 24.7 Å². The van der Waals surface area contributed by atoms with Gasteiger partial charge in [0, 0.05) is 31.9 Å². The van der Waals surface area contributed by atoms with Crippen LogP contribution >= 0.6 is 11.8 Å². The fourth-order valence-electron chi connectivity index (χ4n) is 3.56. The third kappa shape index (κ3) is 6.05. The molecule has 0 unspecified atom stereocenters. The van der Waals surface area contributed by atoms with Crippen LogP contribution in [0.5, 0.6) is 0 Å². The summed E-state index contributed by atoms with van der Waals surface area (Å²) in [5.74, 6) is 2.10. The number of aromatic nitrogens is 4. The first-order valence-corrected chi connectivity index (χ1v) is 11.6. The average Bonchev–Trinajstić information content (AvgIpc) is 3.16. The molecule has 1 aliphatic rings. The highest BCUT2D eigenvalue weighted by Crippen LogP contribution is 2.25. The van der Waals surface area contributed by atoms with Crippen molar-refractivity contribution in [2.75, 3.05) is 37.9 Å². The van der Waals surface area contributed by atoms with Gasteiger partial charge in [-0.15, -0.1) is 0 Å². The maximum atomic E-state index is 12.4. The molecule has 160 valence electrons. The standard InChI is InChI=1S/C20H32N6O2S/c1-3-13-29-20-24-17(21-10-12-28-2)16-14-23-26(18(16)25-20)11-9-22-19(27)15-7-5-4-6-8-15/h14-15H,3-13H2,1-2H3,(H,22,27)(H,21,24,25). The van der Waals surface area contributed by atoms with E-state index < -0.39 is 0 Å². The van der Waals surface area contributed by atoms with Crippen molar-refractivity contribution in [2.45, 2.75) is 57.1 Å². The fourth-order valence-corrected chi connectivity index (χ4v) is 4.25. The second-order valence-corrected chi connectivity index (χ2v) is 8.42. The van der Waals surface area contributed by atoms with E-state index in [4.69, 9.17) is 9.72 Å². The number of nitrogens with one attached hydrogen (secondary N) is 2. The van der Waals surface area contributed by atoms with E-state index in [0.29, 0.717) is 26.2 Å². The van der Waals surface area contributed by atoms with E-state index in [-0.39, 0.29) is 11.8 Å². The average molecular weight is 421 g/mol. The van der Waals surface area contributed by atoms with Crippen LogP contribution in [0, 0.1) is 5.92 Å². The highest BCUT2D eigenvalue weighted by atomic mass is 32.2. The van der Waals surface area contributed by atoms with Crippen molar-refractivity contribution in [1.82, 2.24) is 25.1 Å². The van der Waals surface area contributed by atoms with Gasteiger partial charge >= 0.3 is 0 Å². The number of amides is 1. The number of carbonyl (C=O) groups is 1. The summed E-state index contributed by atoms with van der Waals surface area (Å²) in [6.45, 7) is 4.56. The van der Waals surface area contributed by atoms with Crippen LogP contribution in [0.15, 0.2) is 11.4 Å². The first kappa shape index (κ1) is 21.8. The molecular weight excluding hydrogens is 388 g/mol. The maximum Gasteiger partial charge on any atom is 0.223 e. The molecule has 2 N–H and O–H groups in total. The molecule has 0 aliphatic heterocycles. The number of fused-ring (bicyclic) bond motifs is 1. The number of hydrogen-bond donors (Lipinski definition) is 2. The fraction of sp³-hybridized carbons (Fsp3) is 0.700. The number of anilines is 1. The molecule has 1 saturated carbocycles. The molecule has 0 saturated heterocycles. The number of thioether (sulfide) groups is 1. The molecule has 2 heterocycles. The van der Waals surface area contributed by atoms with Crippen LogP contribution in [0.2, 0.25) is 0 Å². The molecule has 0 spiro atoms. The normalized spacial score (nSPS) is 15.0. The molecule has 0 bridgehead atoms. The summed E-state index contributed by atoms with van der Waals surface area (Å²) in [5.41, 5.74) is 0.797. The summed E-state index contributed by atoms with van der Waals surface area (Å²) >= 11 is 1.64. The zero-order valence-corrected chi connectivity index (χ0v) is 18.3. The van der Waals surface area contributed by atoms with E-state index >= 15 is 0 Å². The number of ether oxygens (including phenoxy) is 1. The van der Waals surface area contributed by atoms with E-state index in [0.717, 1.165) is 59.9 Å². The molecule has 9 heteroatoms. The minimum absolute atomic E-state index is 0.175. The van der Waals surface area contributed by atoms with Gasteiger partial charge in [0.25, 0.3) is 0 Å². The second kappa shape index (κ2) is 11.3. The van der Waals surface area contributed by atoms with E-state index in [1.807, 2.05) is 4.68 Å². The van der Waals surface area contributed by atoms with Crippen molar-refractivity contribution < 1.29 is 9.53 Å². The molecule has 1 amide bonds. The molecule has 2 aromatic heterocycles. The lowest BCUT2D eigenvalue weighted by Gasteiger charge is -2.20. The van der Waals surface area contributed by atoms with Gasteiger partial charge in [-0.05, 0) is 19.3 Å². The van der Waals surface area contributed by atoms with Gasteiger partial charge < -0.3 is 15.4 Å². The van der Waals surface area contributed by atoms with Gasteiger partial charge in [-0.1, -0.05) is 37.9 Å². The van der Waals surface area contributed by atoms with E-state index in [1.54, 1.807) is 25.1 Å². The highest BCUT2D eigenvalue weighted by molar-refractivity contribution is 7.99. The van der Waals surface area contributed by atoms with Crippen molar-refractivity contribution in [3.8, 4) is 0 Å². The Morgan fingerprint density at radius 1 is 1.28 bits per heavy atom. The Balaban J connectivity index is 1.68. The Morgan fingerprint density at radius 3 is 2.86 bits per heavy atom. The lowest BCUT2D eigenvalue weighted by Crippen LogP contribution is -2.34. The lowest BCUT2D eigenvalue weighted by atomic mass is 9.89. The molecule has 1 fully saturated rings. The Labute approximate surface area is 176 Å². The SMILES string of the molecule is CCCSc1nc(NCCOC)c2cnn(CCNC(=O)C3CCCCC3)c2n1. The van der Waals surface area contributed by atoms with Crippen LogP contribution in [-0.2, 0) is 16.1 Å². The van der Waals surface area contributed by atoms with Gasteiger partial charge in [-0.2, -0.15) is 5.10 Å². The summed E-state index contributed by atoms with van der Waals surface area (Å²) < 4.78 is 6.99. The van der Waals surface area contributed by atoms with E-state index in [9.17, 15) is 4.79 Å². The molecule has 3 rings (SSSR count). The second-order valence-electron chi connectivity index (χ2n) is 7.35. The van der Waals surface area contributed by atoms with Gasteiger partial charge in [-0.25, -0.2) is 14.6 Å². The predicted molar refractivity (Wildman–Crippen MR) is 116 cm³/mol. The summed E-state index contributed by atoms with van der Waals surface area (Å²) in [7, 11) is 1.68. The first-order chi connectivity index (χ1) is 14.2. The third-order valence-corrected chi connectivity index (χ3v) is 6.16. The maximum absolute atomic E-state index is 12.4. The Kier molecular flexibility index (Phi) is 8.54. The number of hydrogen-bond acceptors (Lipinski definition) is 7. The number of rotatable bonds is 11. The van der Waals surface area contributed by atoms with Gasteiger partial charge in [0.1, 0.15) is 5.82 Å². The summed E-state index contributed by atoms with van der Waals surface area (Å²) in [6.07, 6.45) is 8.46. The molecule has 8 nitrogen and oxygen atoms in total. The number of methoxy groups -OCH3 is 1. The topological polar surface area (TPSA) is 94.0 Å². The van der Waals surface area contributed by atoms with Crippen LogP contribution < -0.4 is 10.6 Å². The van der Waals surface area contributed by atoms with Crippen LogP contribution in [0.25, 0.3) is 11.0 Å². The Bertz CT molecular complexity index is 791. The summed E-state index contributed by atoms with van der Waals surface area (Å²) in [4.78, 5) is 21.7. The molecule has 2 aromatic rings. The molecule has 1 aliphatic carbocycles. The Hall–Kier alpha value is -1.87. The minimum atomic E-state index is 0.175. The zero-order chi connectivity index (χ0) is 20.5. The van der Waals surface area contributed by atoms with Gasteiger partial charge in [-0.3, -0.25) is 4.79 Å². The molecule has 0 aromatic carbocycles. The molecular formula is C20H32N6O2S. The van der Waals surface area contributed by atoms with Crippen molar-refractivity contribution in [1.29, 1.82) is 0 Å². The smallest absolute Gasteiger partial charge is 0.223 e. The predicted octanol–water partition coefficient (Wildman–Crippen LogP) is 3.08. The largest absolute Gasteiger partial charge is 0.383 e. The van der Waals surface area contributed by atoms with Gasteiger partial charge in [0.15, 0.2) is 10.8 Å². The van der Waals surface area contributed by atoms with Crippen molar-refractivity contribution >= 4 is 34.5 Å². The van der Waals surface area contributed by atoms with E-state index in [2.05, 4.69) is 27.6 Å². The van der Waals surface area contributed by atoms with Crippen LogP contribution in [0.3, 0.4) is 0 Å². The van der Waals surface area contributed by atoms with Crippen molar-refractivity contribution in [3.05, 3.63) is 6.20 Å². The minimum Gasteiger partial charge on any atom is -0.383 e. The highest BCUT2D eigenvalue weighted by Gasteiger charge is 2.20. The monoisotopic (exact) mass is 420 g/mol. The van der Waals surface area contributed by atoms with Gasteiger partial charge in [0.2, 0.25) is 5.91 Å². The van der Waals surface area contributed by atoms with E-state index in [1.165, 1.54) is 6.42 Å². The van der Waals surface area contributed by atoms with Crippen LogP contribution in [-0.4, -0.2) is 58.2 Å². The van der Waals surface area contributed by atoms with Crippen LogP contribution in [0.1, 0.15) is 45.4 Å². The lowest BCUT2D eigenvalue weighted by molar-refractivity contribution is -0.125. The number of nitrogens with zero attached hydrogens (tertiary/aromatic N) is 4.